The average molecular weight is 294 g/mol. The lowest BCUT2D eigenvalue weighted by molar-refractivity contribution is -0.185. The second-order valence-corrected chi connectivity index (χ2v) is 5.38. The highest BCUT2D eigenvalue weighted by atomic mass is 16.7. The van der Waals surface area contributed by atoms with Crippen LogP contribution in [-0.2, 0) is 16.0 Å². The smallest absolute Gasteiger partial charge is 0.183 e. The first-order chi connectivity index (χ1) is 10.3. The fourth-order valence-corrected chi connectivity index (χ4v) is 3.01. The van der Waals surface area contributed by atoms with Crippen molar-refractivity contribution in [3.63, 3.8) is 0 Å². The molecule has 0 N–H and O–H groups in total. The zero-order valence-corrected chi connectivity index (χ0v) is 12.6. The summed E-state index contributed by atoms with van der Waals surface area (Å²) >= 11 is 0. The summed E-state index contributed by atoms with van der Waals surface area (Å²) in [4.78, 5) is 6.78. The van der Waals surface area contributed by atoms with Crippen molar-refractivity contribution in [1.82, 2.24) is 9.88 Å². The molecule has 0 bridgehead atoms. The van der Waals surface area contributed by atoms with Gasteiger partial charge in [0.05, 0.1) is 27.4 Å². The minimum absolute atomic E-state index is 0.331. The van der Waals surface area contributed by atoms with Crippen molar-refractivity contribution in [2.75, 3.05) is 40.5 Å². The molecule has 2 aliphatic heterocycles. The summed E-state index contributed by atoms with van der Waals surface area (Å²) in [6.07, 6.45) is 3.56. The van der Waals surface area contributed by atoms with Gasteiger partial charge in [-0.05, 0) is 0 Å². The topological polar surface area (TPSA) is 53.1 Å². The molecule has 2 saturated heterocycles. The Morgan fingerprint density at radius 3 is 2.52 bits per heavy atom. The summed E-state index contributed by atoms with van der Waals surface area (Å²) in [5.74, 6) is 1.11. The van der Waals surface area contributed by atoms with E-state index in [1.807, 2.05) is 6.07 Å². The third-order valence-corrected chi connectivity index (χ3v) is 4.17. The van der Waals surface area contributed by atoms with Crippen LogP contribution in [0.5, 0.6) is 11.5 Å². The highest BCUT2D eigenvalue weighted by Crippen LogP contribution is 2.34. The Morgan fingerprint density at radius 1 is 1.19 bits per heavy atom. The quantitative estimate of drug-likeness (QED) is 0.837. The van der Waals surface area contributed by atoms with E-state index >= 15 is 0 Å². The normalized spacial score (nSPS) is 21.6. The Kier molecular flexibility index (Phi) is 4.28. The molecule has 2 fully saturated rings. The molecular weight excluding hydrogens is 272 g/mol. The molecule has 1 spiro atoms. The molecular formula is C15H22N2O4. The monoisotopic (exact) mass is 294 g/mol. The zero-order valence-electron chi connectivity index (χ0n) is 12.6. The van der Waals surface area contributed by atoms with E-state index in [0.717, 1.165) is 43.9 Å². The number of hydrogen-bond donors (Lipinski definition) is 0. The predicted octanol–water partition coefficient (Wildman–Crippen LogP) is 1.44. The van der Waals surface area contributed by atoms with Crippen molar-refractivity contribution < 1.29 is 18.9 Å². The molecule has 0 aromatic carbocycles. The highest BCUT2D eigenvalue weighted by Gasteiger charge is 2.39. The van der Waals surface area contributed by atoms with Crippen molar-refractivity contribution in [1.29, 1.82) is 0 Å². The van der Waals surface area contributed by atoms with Crippen molar-refractivity contribution in [2.45, 2.75) is 25.2 Å². The Hall–Kier alpha value is -1.37. The molecule has 0 radical (unpaired) electrons. The van der Waals surface area contributed by atoms with E-state index in [1.165, 1.54) is 0 Å². The number of piperidine rings is 1. The SMILES string of the molecule is COc1ccnc(CN2CCC3(CC2)OCCO3)c1OC. The van der Waals surface area contributed by atoms with Gasteiger partial charge < -0.3 is 18.9 Å². The van der Waals surface area contributed by atoms with Crippen LogP contribution in [0.2, 0.25) is 0 Å². The van der Waals surface area contributed by atoms with Crippen molar-refractivity contribution in [3.05, 3.63) is 18.0 Å². The van der Waals surface area contributed by atoms with Gasteiger partial charge in [0.2, 0.25) is 0 Å². The second-order valence-electron chi connectivity index (χ2n) is 5.38. The number of nitrogens with zero attached hydrogens (tertiary/aromatic N) is 2. The van der Waals surface area contributed by atoms with Gasteiger partial charge in [0.25, 0.3) is 0 Å². The van der Waals surface area contributed by atoms with E-state index in [4.69, 9.17) is 18.9 Å². The lowest BCUT2D eigenvalue weighted by Gasteiger charge is -2.37. The van der Waals surface area contributed by atoms with Gasteiger partial charge in [-0.2, -0.15) is 0 Å². The van der Waals surface area contributed by atoms with Crippen molar-refractivity contribution in [2.24, 2.45) is 0 Å². The molecule has 0 aliphatic carbocycles. The summed E-state index contributed by atoms with van der Waals surface area (Å²) in [7, 11) is 3.29. The summed E-state index contributed by atoms with van der Waals surface area (Å²) < 4.78 is 22.3. The van der Waals surface area contributed by atoms with Gasteiger partial charge in [0.1, 0.15) is 5.69 Å². The van der Waals surface area contributed by atoms with E-state index < -0.39 is 0 Å². The van der Waals surface area contributed by atoms with Gasteiger partial charge >= 0.3 is 0 Å². The van der Waals surface area contributed by atoms with Gasteiger partial charge in [-0.15, -0.1) is 0 Å². The predicted molar refractivity (Wildman–Crippen MR) is 76.5 cm³/mol. The minimum Gasteiger partial charge on any atom is -0.493 e. The molecule has 1 aromatic heterocycles. The first-order valence-corrected chi connectivity index (χ1v) is 7.32. The highest BCUT2D eigenvalue weighted by molar-refractivity contribution is 5.42. The molecule has 0 amide bonds. The fourth-order valence-electron chi connectivity index (χ4n) is 3.01. The number of rotatable bonds is 4. The van der Waals surface area contributed by atoms with Crippen LogP contribution in [0, 0.1) is 0 Å². The van der Waals surface area contributed by atoms with Gasteiger partial charge in [0, 0.05) is 44.7 Å². The second kappa shape index (κ2) is 6.17. The third kappa shape index (κ3) is 2.97. The molecule has 0 atom stereocenters. The van der Waals surface area contributed by atoms with E-state index in [9.17, 15) is 0 Å². The number of pyridine rings is 1. The van der Waals surface area contributed by atoms with Crippen LogP contribution in [0.4, 0.5) is 0 Å². The van der Waals surface area contributed by atoms with Crippen LogP contribution >= 0.6 is 0 Å². The van der Waals surface area contributed by atoms with Crippen LogP contribution in [-0.4, -0.2) is 56.2 Å². The van der Waals surface area contributed by atoms with Crippen LogP contribution < -0.4 is 9.47 Å². The van der Waals surface area contributed by atoms with Gasteiger partial charge in [-0.3, -0.25) is 9.88 Å². The van der Waals surface area contributed by atoms with Gasteiger partial charge in [-0.1, -0.05) is 0 Å². The first kappa shape index (κ1) is 14.6. The van der Waals surface area contributed by atoms with Gasteiger partial charge in [0.15, 0.2) is 17.3 Å². The Bertz CT molecular complexity index is 479. The molecule has 3 rings (SSSR count). The lowest BCUT2D eigenvalue weighted by atomic mass is 10.0. The zero-order chi connectivity index (χ0) is 14.7. The maximum Gasteiger partial charge on any atom is 0.183 e. The fraction of sp³-hybridized carbons (Fsp3) is 0.667. The molecule has 116 valence electrons. The Labute approximate surface area is 125 Å². The average Bonchev–Trinajstić information content (AvgIpc) is 2.98. The van der Waals surface area contributed by atoms with Crippen LogP contribution in [0.15, 0.2) is 12.3 Å². The number of ether oxygens (including phenoxy) is 4. The molecule has 0 saturated carbocycles. The third-order valence-electron chi connectivity index (χ3n) is 4.17. The van der Waals surface area contributed by atoms with E-state index in [1.54, 1.807) is 20.4 Å². The standard InChI is InChI=1S/C15H22N2O4/c1-18-13-3-6-16-12(14(13)19-2)11-17-7-4-15(5-8-17)20-9-10-21-15/h3,6H,4-5,7-11H2,1-2H3. The Morgan fingerprint density at radius 2 is 1.90 bits per heavy atom. The summed E-state index contributed by atoms with van der Waals surface area (Å²) in [6, 6.07) is 1.81. The van der Waals surface area contributed by atoms with Crippen molar-refractivity contribution >= 4 is 0 Å². The summed E-state index contributed by atoms with van der Waals surface area (Å²) in [6.45, 7) is 4.04. The number of likely N-dealkylation sites (tertiary alicyclic amines) is 1. The van der Waals surface area contributed by atoms with Crippen LogP contribution in [0.1, 0.15) is 18.5 Å². The maximum atomic E-state index is 5.75. The first-order valence-electron chi connectivity index (χ1n) is 7.32. The van der Waals surface area contributed by atoms with E-state index in [-0.39, 0.29) is 5.79 Å². The molecule has 6 nitrogen and oxygen atoms in total. The van der Waals surface area contributed by atoms with Gasteiger partial charge in [-0.25, -0.2) is 0 Å². The largest absolute Gasteiger partial charge is 0.493 e. The number of aromatic nitrogens is 1. The summed E-state index contributed by atoms with van der Waals surface area (Å²) in [5, 5.41) is 0. The van der Waals surface area contributed by atoms with Crippen molar-refractivity contribution in [3.8, 4) is 11.5 Å². The molecule has 6 heteroatoms. The van der Waals surface area contributed by atoms with E-state index in [0.29, 0.717) is 19.0 Å². The molecule has 0 unspecified atom stereocenters. The Balaban J connectivity index is 1.65. The van der Waals surface area contributed by atoms with Crippen LogP contribution in [0.25, 0.3) is 0 Å². The lowest BCUT2D eigenvalue weighted by Crippen LogP contribution is -2.44. The summed E-state index contributed by atoms with van der Waals surface area (Å²) in [5.41, 5.74) is 0.904. The minimum atomic E-state index is -0.331. The maximum absolute atomic E-state index is 5.75. The van der Waals surface area contributed by atoms with Crippen LogP contribution in [0.3, 0.4) is 0 Å². The number of hydrogen-bond acceptors (Lipinski definition) is 6. The molecule has 3 heterocycles. The molecule has 21 heavy (non-hydrogen) atoms. The molecule has 1 aromatic rings. The molecule has 2 aliphatic rings. The van der Waals surface area contributed by atoms with E-state index in [2.05, 4.69) is 9.88 Å². The number of methoxy groups -OCH3 is 2.